The lowest BCUT2D eigenvalue weighted by Crippen LogP contribution is -2.36. The Morgan fingerprint density at radius 1 is 0.909 bits per heavy atom. The number of methoxy groups -OCH3 is 2. The van der Waals surface area contributed by atoms with Gasteiger partial charge in [0.2, 0.25) is 15.4 Å². The van der Waals surface area contributed by atoms with Gasteiger partial charge in [0.25, 0.3) is 0 Å². The Kier molecular flexibility index (Phi) is 6.18. The van der Waals surface area contributed by atoms with Crippen molar-refractivity contribution in [3.63, 3.8) is 0 Å². The van der Waals surface area contributed by atoms with E-state index in [-0.39, 0.29) is 21.6 Å². The molecule has 8 nitrogen and oxygen atoms in total. The van der Waals surface area contributed by atoms with Crippen LogP contribution in [0.15, 0.2) is 59.6 Å². The number of nitrogens with two attached hydrogens (primary N) is 1. The molecule has 174 valence electrons. The molecule has 0 bridgehead atoms. The molecule has 0 atom stereocenters. The second-order valence-electron chi connectivity index (χ2n) is 6.97. The first kappa shape index (κ1) is 24.1. The van der Waals surface area contributed by atoms with Crippen molar-refractivity contribution in [1.82, 2.24) is 4.98 Å². The van der Waals surface area contributed by atoms with Gasteiger partial charge in [-0.3, -0.25) is 14.6 Å². The van der Waals surface area contributed by atoms with Gasteiger partial charge in [0.15, 0.2) is 0 Å². The molecule has 1 aromatic carbocycles. The highest BCUT2D eigenvalue weighted by molar-refractivity contribution is 7.89. The average molecular weight is 482 g/mol. The summed E-state index contributed by atoms with van der Waals surface area (Å²) < 4.78 is 71.4. The minimum absolute atomic E-state index is 0.166. The summed E-state index contributed by atoms with van der Waals surface area (Å²) >= 11 is 0. The molecular weight excluding hydrogens is 465 g/mol. The van der Waals surface area contributed by atoms with Crippen molar-refractivity contribution in [3.05, 3.63) is 71.6 Å². The number of benzene rings is 1. The zero-order chi connectivity index (χ0) is 24.6. The third-order valence-corrected chi connectivity index (χ3v) is 5.87. The molecule has 33 heavy (non-hydrogen) atoms. The van der Waals surface area contributed by atoms with Gasteiger partial charge >= 0.3 is 18.1 Å². The fourth-order valence-electron chi connectivity index (χ4n) is 3.33. The predicted molar refractivity (Wildman–Crippen MR) is 109 cm³/mol. The molecule has 0 saturated heterocycles. The first-order chi connectivity index (χ1) is 15.3. The molecule has 0 unspecified atom stereocenters. The van der Waals surface area contributed by atoms with E-state index in [0.29, 0.717) is 5.56 Å². The third-order valence-electron chi connectivity index (χ3n) is 4.94. The number of aromatic nitrogens is 1. The van der Waals surface area contributed by atoms with E-state index in [2.05, 4.69) is 4.98 Å². The maximum atomic E-state index is 12.9. The van der Waals surface area contributed by atoms with Crippen LogP contribution < -0.4 is 5.14 Å². The molecule has 1 heterocycles. The van der Waals surface area contributed by atoms with Gasteiger partial charge < -0.3 is 9.47 Å². The van der Waals surface area contributed by atoms with Gasteiger partial charge in [0.05, 0.1) is 19.1 Å². The lowest BCUT2D eigenvalue weighted by atomic mass is 9.89. The van der Waals surface area contributed by atoms with Gasteiger partial charge in [-0.2, -0.15) is 13.2 Å². The number of alkyl halides is 3. The van der Waals surface area contributed by atoms with Crippen molar-refractivity contribution in [2.75, 3.05) is 14.2 Å². The van der Waals surface area contributed by atoms with Crippen molar-refractivity contribution in [2.24, 2.45) is 10.6 Å². The molecule has 0 radical (unpaired) electrons. The molecule has 0 fully saturated rings. The SMILES string of the molecule is COC(=O)C1(C(=O)OC)C=C(c2ccc(S(N)(=O)=O)cc2)C(c2ccc(C(F)(F)F)nc2)=C1. The standard InChI is InChI=1S/C21H17F3N2O6S/c1-31-18(27)20(19(28)32-2)9-15(12-3-6-14(7-4-12)33(25,29)30)16(10-20)13-5-8-17(26-11-13)21(22,23)24/h3-11H,1-2H3,(H2,25,29,30). The largest absolute Gasteiger partial charge is 0.468 e. The second kappa shape index (κ2) is 8.45. The van der Waals surface area contributed by atoms with Gasteiger partial charge in [-0.25, -0.2) is 13.6 Å². The zero-order valence-corrected chi connectivity index (χ0v) is 18.0. The number of ether oxygens (including phenoxy) is 2. The number of allylic oxidation sites excluding steroid dienone is 2. The van der Waals surface area contributed by atoms with Crippen molar-refractivity contribution in [1.29, 1.82) is 0 Å². The topological polar surface area (TPSA) is 126 Å². The van der Waals surface area contributed by atoms with E-state index in [1.807, 2.05) is 0 Å². The van der Waals surface area contributed by atoms with Gasteiger partial charge in [0.1, 0.15) is 5.69 Å². The molecular formula is C21H17F3N2O6S. The first-order valence-corrected chi connectivity index (χ1v) is 10.7. The van der Waals surface area contributed by atoms with E-state index < -0.39 is 39.2 Å². The molecule has 0 aliphatic heterocycles. The summed E-state index contributed by atoms with van der Waals surface area (Å²) in [5.41, 5.74) is -2.19. The van der Waals surface area contributed by atoms with Crippen molar-refractivity contribution < 1.29 is 40.7 Å². The summed E-state index contributed by atoms with van der Waals surface area (Å²) in [5, 5.41) is 5.11. The van der Waals surface area contributed by atoms with E-state index in [0.717, 1.165) is 32.5 Å². The quantitative estimate of drug-likeness (QED) is 0.513. The summed E-state index contributed by atoms with van der Waals surface area (Å²) in [7, 11) is -1.86. The van der Waals surface area contributed by atoms with Crippen molar-refractivity contribution in [3.8, 4) is 0 Å². The van der Waals surface area contributed by atoms with Gasteiger partial charge in [-0.05, 0) is 47.1 Å². The molecule has 0 spiro atoms. The number of hydrogen-bond donors (Lipinski definition) is 1. The number of hydrogen-bond acceptors (Lipinski definition) is 7. The van der Waals surface area contributed by atoms with Crippen LogP contribution >= 0.6 is 0 Å². The molecule has 1 aliphatic rings. The number of sulfonamides is 1. The van der Waals surface area contributed by atoms with E-state index in [1.54, 1.807) is 0 Å². The predicted octanol–water partition coefficient (Wildman–Crippen LogP) is 2.56. The number of carbonyl (C=O) groups excluding carboxylic acids is 2. The van der Waals surface area contributed by atoms with Crippen LogP contribution in [0.3, 0.4) is 0 Å². The molecule has 2 N–H and O–H groups in total. The highest BCUT2D eigenvalue weighted by Gasteiger charge is 2.49. The maximum Gasteiger partial charge on any atom is 0.433 e. The first-order valence-electron chi connectivity index (χ1n) is 9.13. The number of carbonyl (C=O) groups is 2. The molecule has 2 aromatic rings. The molecule has 1 aromatic heterocycles. The number of halogens is 3. The second-order valence-corrected chi connectivity index (χ2v) is 8.53. The highest BCUT2D eigenvalue weighted by atomic mass is 32.2. The Labute approximate surface area is 186 Å². The van der Waals surface area contributed by atoms with Crippen molar-refractivity contribution in [2.45, 2.75) is 11.1 Å². The highest BCUT2D eigenvalue weighted by Crippen LogP contribution is 2.45. The molecule has 1 aliphatic carbocycles. The van der Waals surface area contributed by atoms with E-state index in [1.165, 1.54) is 36.4 Å². The number of nitrogens with zero attached hydrogens (tertiary/aromatic N) is 1. The lowest BCUT2D eigenvalue weighted by Gasteiger charge is -2.18. The third kappa shape index (κ3) is 4.52. The van der Waals surface area contributed by atoms with Gasteiger partial charge in [-0.15, -0.1) is 0 Å². The number of rotatable bonds is 5. The monoisotopic (exact) mass is 482 g/mol. The van der Waals surface area contributed by atoms with Crippen LogP contribution in [-0.4, -0.2) is 39.6 Å². The Morgan fingerprint density at radius 3 is 1.79 bits per heavy atom. The minimum atomic E-state index is -4.66. The van der Waals surface area contributed by atoms with E-state index in [9.17, 15) is 31.2 Å². The van der Waals surface area contributed by atoms with E-state index >= 15 is 0 Å². The summed E-state index contributed by atoms with van der Waals surface area (Å²) in [5.74, 6) is -1.97. The van der Waals surface area contributed by atoms with Crippen LogP contribution in [0.1, 0.15) is 16.8 Å². The van der Waals surface area contributed by atoms with Crippen LogP contribution in [-0.2, 0) is 35.3 Å². The lowest BCUT2D eigenvalue weighted by molar-refractivity contribution is -0.161. The number of esters is 2. The Bertz CT molecular complexity index is 1250. The van der Waals surface area contributed by atoms with Gasteiger partial charge in [-0.1, -0.05) is 18.2 Å². The summed E-state index contributed by atoms with van der Waals surface area (Å²) in [6.45, 7) is 0. The zero-order valence-electron chi connectivity index (χ0n) is 17.2. The summed E-state index contributed by atoms with van der Waals surface area (Å²) in [6, 6.07) is 7.07. The molecule has 0 amide bonds. The van der Waals surface area contributed by atoms with Crippen LogP contribution in [0.5, 0.6) is 0 Å². The Hall–Kier alpha value is -3.51. The Balaban J connectivity index is 2.22. The summed E-state index contributed by atoms with van der Waals surface area (Å²) in [4.78, 5) is 28.4. The van der Waals surface area contributed by atoms with Crippen molar-refractivity contribution >= 4 is 33.1 Å². The number of pyridine rings is 1. The van der Waals surface area contributed by atoms with E-state index in [4.69, 9.17) is 14.6 Å². The molecule has 3 rings (SSSR count). The van der Waals surface area contributed by atoms with Crippen LogP contribution in [0, 0.1) is 5.41 Å². The van der Waals surface area contributed by atoms with Crippen LogP contribution in [0.25, 0.3) is 11.1 Å². The minimum Gasteiger partial charge on any atom is -0.468 e. The normalized spacial score (nSPS) is 15.5. The van der Waals surface area contributed by atoms with Gasteiger partial charge in [0, 0.05) is 11.8 Å². The van der Waals surface area contributed by atoms with Crippen LogP contribution in [0.4, 0.5) is 13.2 Å². The fraction of sp³-hybridized carbons (Fsp3) is 0.190. The number of primary sulfonamides is 1. The average Bonchev–Trinajstić information content (AvgIpc) is 3.19. The Morgan fingerprint density at radius 2 is 1.39 bits per heavy atom. The fourth-order valence-corrected chi connectivity index (χ4v) is 3.85. The summed E-state index contributed by atoms with van der Waals surface area (Å²) in [6.07, 6.45) is -1.26. The smallest absolute Gasteiger partial charge is 0.433 e. The molecule has 12 heteroatoms. The maximum absolute atomic E-state index is 12.9. The van der Waals surface area contributed by atoms with Crippen LogP contribution in [0.2, 0.25) is 0 Å². The molecule has 0 saturated carbocycles.